The van der Waals surface area contributed by atoms with Gasteiger partial charge in [0.1, 0.15) is 5.82 Å². The molecule has 2 heterocycles. The van der Waals surface area contributed by atoms with Crippen molar-refractivity contribution in [3.63, 3.8) is 0 Å². The smallest absolute Gasteiger partial charge is 0.129 e. The Morgan fingerprint density at radius 1 is 1.41 bits per heavy atom. The summed E-state index contributed by atoms with van der Waals surface area (Å²) in [7, 11) is 0. The molecule has 94 valence electrons. The van der Waals surface area contributed by atoms with E-state index in [0.29, 0.717) is 6.04 Å². The molecule has 0 bridgehead atoms. The second-order valence-electron chi connectivity index (χ2n) is 4.90. The SMILES string of the molecule is CCC1CCCCCN1c1cc(C)c(Br)cn1. The van der Waals surface area contributed by atoms with Gasteiger partial charge in [-0.25, -0.2) is 4.98 Å². The maximum atomic E-state index is 4.58. The molecule has 2 rings (SSSR count). The van der Waals surface area contributed by atoms with E-state index in [2.05, 4.69) is 45.7 Å². The molecule has 0 aromatic carbocycles. The molecule has 1 fully saturated rings. The monoisotopic (exact) mass is 296 g/mol. The first-order chi connectivity index (χ1) is 8.22. The fraction of sp³-hybridized carbons (Fsp3) is 0.643. The minimum absolute atomic E-state index is 0.672. The average molecular weight is 297 g/mol. The number of halogens is 1. The van der Waals surface area contributed by atoms with Crippen molar-refractivity contribution in [1.29, 1.82) is 0 Å². The molecule has 0 saturated carbocycles. The third-order valence-electron chi connectivity index (χ3n) is 3.68. The normalized spacial score (nSPS) is 21.4. The molecule has 0 amide bonds. The van der Waals surface area contributed by atoms with Gasteiger partial charge < -0.3 is 4.90 Å². The number of rotatable bonds is 2. The molecule has 0 N–H and O–H groups in total. The molecule has 1 aliphatic heterocycles. The number of aromatic nitrogens is 1. The largest absolute Gasteiger partial charge is 0.354 e. The van der Waals surface area contributed by atoms with Crippen LogP contribution in [0.2, 0.25) is 0 Å². The standard InChI is InChI=1S/C14H21BrN2/c1-3-12-7-5-4-6-8-17(12)14-9-11(2)13(15)10-16-14/h9-10,12H,3-8H2,1-2H3. The number of pyridine rings is 1. The van der Waals surface area contributed by atoms with Crippen LogP contribution in [0.1, 0.15) is 44.6 Å². The molecule has 1 aromatic heterocycles. The minimum atomic E-state index is 0.672. The summed E-state index contributed by atoms with van der Waals surface area (Å²) in [5.74, 6) is 1.15. The lowest BCUT2D eigenvalue weighted by atomic mass is 10.1. The van der Waals surface area contributed by atoms with Crippen LogP contribution in [0.5, 0.6) is 0 Å². The molecular formula is C14H21BrN2. The van der Waals surface area contributed by atoms with Gasteiger partial charge in [0.2, 0.25) is 0 Å². The molecular weight excluding hydrogens is 276 g/mol. The lowest BCUT2D eigenvalue weighted by Crippen LogP contribution is -2.35. The Balaban J connectivity index is 2.25. The van der Waals surface area contributed by atoms with E-state index in [1.807, 2.05) is 6.20 Å². The van der Waals surface area contributed by atoms with Crippen LogP contribution in [0.4, 0.5) is 5.82 Å². The van der Waals surface area contributed by atoms with Crippen molar-refractivity contribution in [3.8, 4) is 0 Å². The third kappa shape index (κ3) is 3.01. The Bertz CT molecular complexity index is 378. The molecule has 17 heavy (non-hydrogen) atoms. The van der Waals surface area contributed by atoms with E-state index in [-0.39, 0.29) is 0 Å². The maximum Gasteiger partial charge on any atom is 0.129 e. The van der Waals surface area contributed by atoms with Gasteiger partial charge in [0, 0.05) is 23.3 Å². The van der Waals surface area contributed by atoms with Crippen molar-refractivity contribution >= 4 is 21.7 Å². The zero-order valence-electron chi connectivity index (χ0n) is 10.7. The number of nitrogens with zero attached hydrogens (tertiary/aromatic N) is 2. The van der Waals surface area contributed by atoms with Crippen molar-refractivity contribution in [2.45, 2.75) is 52.0 Å². The highest BCUT2D eigenvalue weighted by Crippen LogP contribution is 2.26. The van der Waals surface area contributed by atoms with Gasteiger partial charge in [-0.1, -0.05) is 19.8 Å². The van der Waals surface area contributed by atoms with Crippen LogP contribution in [-0.4, -0.2) is 17.6 Å². The van der Waals surface area contributed by atoms with Gasteiger partial charge in [0.15, 0.2) is 0 Å². The van der Waals surface area contributed by atoms with Crippen molar-refractivity contribution in [3.05, 3.63) is 22.3 Å². The van der Waals surface area contributed by atoms with Crippen molar-refractivity contribution in [2.75, 3.05) is 11.4 Å². The van der Waals surface area contributed by atoms with Gasteiger partial charge in [0.25, 0.3) is 0 Å². The van der Waals surface area contributed by atoms with Crippen LogP contribution in [0.25, 0.3) is 0 Å². The molecule has 1 aliphatic rings. The summed E-state index contributed by atoms with van der Waals surface area (Å²) in [4.78, 5) is 7.09. The summed E-state index contributed by atoms with van der Waals surface area (Å²) in [6.45, 7) is 5.58. The molecule has 0 spiro atoms. The van der Waals surface area contributed by atoms with Crippen molar-refractivity contribution in [1.82, 2.24) is 4.98 Å². The van der Waals surface area contributed by atoms with Crippen LogP contribution < -0.4 is 4.90 Å². The lowest BCUT2D eigenvalue weighted by Gasteiger charge is -2.30. The summed E-state index contributed by atoms with van der Waals surface area (Å²) in [5, 5.41) is 0. The first kappa shape index (κ1) is 12.9. The van der Waals surface area contributed by atoms with Gasteiger partial charge in [-0.2, -0.15) is 0 Å². The highest BCUT2D eigenvalue weighted by Gasteiger charge is 2.20. The van der Waals surface area contributed by atoms with Gasteiger partial charge in [-0.3, -0.25) is 0 Å². The molecule has 0 radical (unpaired) electrons. The minimum Gasteiger partial charge on any atom is -0.354 e. The van der Waals surface area contributed by atoms with E-state index < -0.39 is 0 Å². The Morgan fingerprint density at radius 3 is 2.94 bits per heavy atom. The predicted octanol–water partition coefficient (Wildman–Crippen LogP) is 4.31. The summed E-state index contributed by atoms with van der Waals surface area (Å²) < 4.78 is 1.10. The zero-order valence-corrected chi connectivity index (χ0v) is 12.3. The van der Waals surface area contributed by atoms with Crippen molar-refractivity contribution in [2.24, 2.45) is 0 Å². The predicted molar refractivity (Wildman–Crippen MR) is 76.6 cm³/mol. The highest BCUT2D eigenvalue weighted by molar-refractivity contribution is 9.10. The number of hydrogen-bond acceptors (Lipinski definition) is 2. The first-order valence-electron chi connectivity index (χ1n) is 6.61. The number of hydrogen-bond donors (Lipinski definition) is 0. The van der Waals surface area contributed by atoms with E-state index >= 15 is 0 Å². The van der Waals surface area contributed by atoms with Crippen LogP contribution in [0.15, 0.2) is 16.7 Å². The van der Waals surface area contributed by atoms with Gasteiger partial charge in [0.05, 0.1) is 0 Å². The number of anilines is 1. The summed E-state index contributed by atoms with van der Waals surface area (Å²) in [6.07, 6.45) is 8.49. The zero-order chi connectivity index (χ0) is 12.3. The Hall–Kier alpha value is -0.570. The highest BCUT2D eigenvalue weighted by atomic mass is 79.9. The van der Waals surface area contributed by atoms with E-state index in [1.165, 1.54) is 37.7 Å². The van der Waals surface area contributed by atoms with Crippen LogP contribution in [0.3, 0.4) is 0 Å². The van der Waals surface area contributed by atoms with Gasteiger partial charge in [-0.15, -0.1) is 0 Å². The molecule has 2 nitrogen and oxygen atoms in total. The average Bonchev–Trinajstić information content (AvgIpc) is 2.57. The molecule has 1 saturated heterocycles. The lowest BCUT2D eigenvalue weighted by molar-refractivity contribution is 0.552. The summed E-state index contributed by atoms with van der Waals surface area (Å²) in [6, 6.07) is 2.88. The maximum absolute atomic E-state index is 4.58. The molecule has 3 heteroatoms. The second kappa shape index (κ2) is 5.85. The second-order valence-corrected chi connectivity index (χ2v) is 5.75. The Kier molecular flexibility index (Phi) is 4.43. The quantitative estimate of drug-likeness (QED) is 0.808. The molecule has 1 aromatic rings. The molecule has 0 aliphatic carbocycles. The van der Waals surface area contributed by atoms with E-state index in [4.69, 9.17) is 0 Å². The van der Waals surface area contributed by atoms with Crippen LogP contribution in [-0.2, 0) is 0 Å². The van der Waals surface area contributed by atoms with Gasteiger partial charge in [-0.05, 0) is 53.7 Å². The first-order valence-corrected chi connectivity index (χ1v) is 7.40. The molecule has 1 atom stereocenters. The summed E-state index contributed by atoms with van der Waals surface area (Å²) >= 11 is 3.52. The van der Waals surface area contributed by atoms with E-state index in [1.54, 1.807) is 0 Å². The van der Waals surface area contributed by atoms with Crippen LogP contribution >= 0.6 is 15.9 Å². The Labute approximate surface area is 113 Å². The van der Waals surface area contributed by atoms with Gasteiger partial charge >= 0.3 is 0 Å². The fourth-order valence-electron chi connectivity index (χ4n) is 2.58. The number of aryl methyl sites for hydroxylation is 1. The van der Waals surface area contributed by atoms with Crippen LogP contribution in [0, 0.1) is 6.92 Å². The van der Waals surface area contributed by atoms with E-state index in [9.17, 15) is 0 Å². The third-order valence-corrected chi connectivity index (χ3v) is 4.51. The van der Waals surface area contributed by atoms with Crippen molar-refractivity contribution < 1.29 is 0 Å². The van der Waals surface area contributed by atoms with E-state index in [0.717, 1.165) is 16.8 Å². The Morgan fingerprint density at radius 2 is 2.24 bits per heavy atom. The molecule has 1 unspecified atom stereocenters. The topological polar surface area (TPSA) is 16.1 Å². The fourth-order valence-corrected chi connectivity index (χ4v) is 2.80. The summed E-state index contributed by atoms with van der Waals surface area (Å²) in [5.41, 5.74) is 1.27.